The summed E-state index contributed by atoms with van der Waals surface area (Å²) in [4.78, 5) is 3.11. The molecule has 1 aromatic heterocycles. The lowest BCUT2D eigenvalue weighted by atomic mass is 10.2. The predicted octanol–water partition coefficient (Wildman–Crippen LogP) is 1.70. The first-order chi connectivity index (χ1) is 8.59. The summed E-state index contributed by atoms with van der Waals surface area (Å²) in [6.07, 6.45) is 2.11. The predicted molar refractivity (Wildman–Crippen MR) is 64.7 cm³/mol. The molecule has 4 nitrogen and oxygen atoms in total. The summed E-state index contributed by atoms with van der Waals surface area (Å²) in [6.45, 7) is 0.116. The monoisotopic (exact) mass is 266 g/mol. The molecule has 0 unspecified atom stereocenters. The zero-order valence-electron chi connectivity index (χ0n) is 9.38. The smallest absolute Gasteiger partial charge is 0.243 e. The van der Waals surface area contributed by atoms with Crippen molar-refractivity contribution >= 4 is 10.0 Å². The summed E-state index contributed by atoms with van der Waals surface area (Å²) >= 11 is 0. The van der Waals surface area contributed by atoms with E-state index in [1.54, 1.807) is 24.3 Å². The highest BCUT2D eigenvalue weighted by Crippen LogP contribution is 2.12. The van der Waals surface area contributed by atoms with Gasteiger partial charge in [-0.1, -0.05) is 30.3 Å². The fourth-order valence-corrected chi connectivity index (χ4v) is 2.49. The molecule has 18 heavy (non-hydrogen) atoms. The van der Waals surface area contributed by atoms with Crippen LogP contribution >= 0.6 is 0 Å². The first-order valence-electron chi connectivity index (χ1n) is 5.23. The molecule has 1 aromatic carbocycles. The first kappa shape index (κ1) is 12.7. The second kappa shape index (κ2) is 5.24. The van der Waals surface area contributed by atoms with E-state index in [-0.39, 0.29) is 6.54 Å². The molecule has 0 bridgehead atoms. The molecular weight excluding hydrogens is 255 g/mol. The van der Waals surface area contributed by atoms with Gasteiger partial charge in [0.1, 0.15) is 4.90 Å². The third kappa shape index (κ3) is 2.91. The van der Waals surface area contributed by atoms with Gasteiger partial charge >= 0.3 is 0 Å². The van der Waals surface area contributed by atoms with Crippen molar-refractivity contribution in [2.24, 2.45) is 0 Å². The maximum atomic E-state index is 13.3. The molecule has 1 N–H and O–H groups in total. The molecule has 1 heterocycles. The molecule has 0 saturated carbocycles. The molecule has 0 spiro atoms. The molecule has 2 aromatic rings. The van der Waals surface area contributed by atoms with Gasteiger partial charge in [-0.25, -0.2) is 17.5 Å². The minimum atomic E-state index is -3.85. The van der Waals surface area contributed by atoms with Crippen molar-refractivity contribution in [1.29, 1.82) is 0 Å². The topological polar surface area (TPSA) is 59.1 Å². The Morgan fingerprint density at radius 1 is 1.17 bits per heavy atom. The molecule has 0 aliphatic carbocycles. The van der Waals surface area contributed by atoms with Crippen LogP contribution in [0, 0.1) is 5.82 Å². The highest BCUT2D eigenvalue weighted by Gasteiger charge is 2.18. The molecule has 0 amide bonds. The number of nitrogens with zero attached hydrogens (tertiary/aromatic N) is 1. The van der Waals surface area contributed by atoms with Crippen molar-refractivity contribution in [2.75, 3.05) is 0 Å². The van der Waals surface area contributed by atoms with Crippen LogP contribution in [0.5, 0.6) is 0 Å². The van der Waals surface area contributed by atoms with Gasteiger partial charge in [0.2, 0.25) is 10.0 Å². The lowest BCUT2D eigenvalue weighted by molar-refractivity contribution is 0.553. The zero-order chi connectivity index (χ0) is 13.0. The van der Waals surface area contributed by atoms with E-state index in [9.17, 15) is 12.8 Å². The van der Waals surface area contributed by atoms with Crippen molar-refractivity contribution in [3.8, 4) is 0 Å². The average Bonchev–Trinajstić information content (AvgIpc) is 2.38. The van der Waals surface area contributed by atoms with Crippen LogP contribution in [0.25, 0.3) is 0 Å². The standard InChI is InChI=1S/C12H11FN2O2S/c13-11-9-14-7-6-12(11)18(16,17)15-8-10-4-2-1-3-5-10/h1-7,9,15H,8H2. The van der Waals surface area contributed by atoms with Gasteiger partial charge in [0.15, 0.2) is 5.82 Å². The molecule has 0 aliphatic heterocycles. The second-order valence-corrected chi connectivity index (χ2v) is 5.35. The number of pyridine rings is 1. The molecule has 0 aliphatic rings. The zero-order valence-corrected chi connectivity index (χ0v) is 10.2. The third-order valence-corrected chi connectivity index (χ3v) is 3.77. The Kier molecular flexibility index (Phi) is 3.69. The molecule has 6 heteroatoms. The van der Waals surface area contributed by atoms with Gasteiger partial charge in [-0.2, -0.15) is 0 Å². The fraction of sp³-hybridized carbons (Fsp3) is 0.0833. The molecular formula is C12H11FN2O2S. The maximum Gasteiger partial charge on any atom is 0.243 e. The number of benzene rings is 1. The number of halogens is 1. The summed E-state index contributed by atoms with van der Waals surface area (Å²) in [7, 11) is -3.85. The van der Waals surface area contributed by atoms with E-state index in [1.165, 1.54) is 6.20 Å². The van der Waals surface area contributed by atoms with E-state index in [0.717, 1.165) is 17.8 Å². The van der Waals surface area contributed by atoms with Gasteiger partial charge in [0.05, 0.1) is 6.20 Å². The highest BCUT2D eigenvalue weighted by molar-refractivity contribution is 7.89. The second-order valence-electron chi connectivity index (χ2n) is 3.62. The quantitative estimate of drug-likeness (QED) is 0.916. The van der Waals surface area contributed by atoms with Crippen LogP contribution in [-0.4, -0.2) is 13.4 Å². The Labute approximate surface area is 105 Å². The van der Waals surface area contributed by atoms with E-state index in [0.29, 0.717) is 0 Å². The van der Waals surface area contributed by atoms with Gasteiger partial charge in [-0.15, -0.1) is 0 Å². The number of hydrogen-bond donors (Lipinski definition) is 1. The fourth-order valence-electron chi connectivity index (χ4n) is 1.43. The molecule has 0 saturated heterocycles. The van der Waals surface area contributed by atoms with Crippen molar-refractivity contribution in [2.45, 2.75) is 11.4 Å². The SMILES string of the molecule is O=S(=O)(NCc1ccccc1)c1ccncc1F. The molecule has 0 fully saturated rings. The minimum Gasteiger partial charge on any atom is -0.262 e. The summed E-state index contributed by atoms with van der Waals surface area (Å²) < 4.78 is 39.4. The summed E-state index contributed by atoms with van der Waals surface area (Å²) in [6, 6.07) is 10.1. The first-order valence-corrected chi connectivity index (χ1v) is 6.71. The normalized spacial score (nSPS) is 11.4. The van der Waals surface area contributed by atoms with Crippen molar-refractivity contribution in [3.05, 3.63) is 60.2 Å². The van der Waals surface area contributed by atoms with Crippen LogP contribution in [-0.2, 0) is 16.6 Å². The average molecular weight is 266 g/mol. The molecule has 0 atom stereocenters. The Bertz CT molecular complexity index is 630. The lowest BCUT2D eigenvalue weighted by Crippen LogP contribution is -2.24. The van der Waals surface area contributed by atoms with Crippen molar-refractivity contribution in [1.82, 2.24) is 9.71 Å². The summed E-state index contributed by atoms with van der Waals surface area (Å²) in [5.41, 5.74) is 0.801. The third-order valence-electron chi connectivity index (χ3n) is 2.33. The number of rotatable bonds is 4. The number of nitrogens with one attached hydrogen (secondary N) is 1. The Morgan fingerprint density at radius 3 is 2.56 bits per heavy atom. The van der Waals surface area contributed by atoms with Crippen LogP contribution < -0.4 is 4.72 Å². The Morgan fingerprint density at radius 2 is 1.89 bits per heavy atom. The van der Waals surface area contributed by atoms with Crippen molar-refractivity contribution < 1.29 is 12.8 Å². The van der Waals surface area contributed by atoms with E-state index < -0.39 is 20.7 Å². The summed E-state index contributed by atoms with van der Waals surface area (Å²) in [5, 5.41) is 0. The number of sulfonamides is 1. The van der Waals surface area contributed by atoms with Crippen molar-refractivity contribution in [3.63, 3.8) is 0 Å². The molecule has 94 valence electrons. The minimum absolute atomic E-state index is 0.116. The van der Waals surface area contributed by atoms with Crippen LogP contribution in [0.4, 0.5) is 4.39 Å². The van der Waals surface area contributed by atoms with E-state index in [4.69, 9.17) is 0 Å². The van der Waals surface area contributed by atoms with Crippen LogP contribution in [0.3, 0.4) is 0 Å². The van der Waals surface area contributed by atoms with Gasteiger partial charge in [-0.05, 0) is 11.6 Å². The van der Waals surface area contributed by atoms with Gasteiger partial charge < -0.3 is 0 Å². The van der Waals surface area contributed by atoms with E-state index >= 15 is 0 Å². The van der Waals surface area contributed by atoms with Crippen LogP contribution in [0.2, 0.25) is 0 Å². The highest BCUT2D eigenvalue weighted by atomic mass is 32.2. The lowest BCUT2D eigenvalue weighted by Gasteiger charge is -2.07. The summed E-state index contributed by atoms with van der Waals surface area (Å²) in [5.74, 6) is -0.863. The molecule has 2 rings (SSSR count). The van der Waals surface area contributed by atoms with Gasteiger partial charge in [-0.3, -0.25) is 4.98 Å². The largest absolute Gasteiger partial charge is 0.262 e. The van der Waals surface area contributed by atoms with Crippen LogP contribution in [0.1, 0.15) is 5.56 Å². The number of hydrogen-bond acceptors (Lipinski definition) is 3. The Balaban J connectivity index is 2.16. The van der Waals surface area contributed by atoms with E-state index in [1.807, 2.05) is 6.07 Å². The van der Waals surface area contributed by atoms with E-state index in [2.05, 4.69) is 9.71 Å². The van der Waals surface area contributed by atoms with Gasteiger partial charge in [0.25, 0.3) is 0 Å². The number of aromatic nitrogens is 1. The van der Waals surface area contributed by atoms with Gasteiger partial charge in [0, 0.05) is 12.7 Å². The molecule has 0 radical (unpaired) electrons. The maximum absolute atomic E-state index is 13.3. The van der Waals surface area contributed by atoms with Crippen LogP contribution in [0.15, 0.2) is 53.7 Å². The Hall–Kier alpha value is -1.79.